The van der Waals surface area contributed by atoms with Crippen LogP contribution in [0.15, 0.2) is 55.6 Å². The molecule has 1 aromatic rings. The second-order valence-electron chi connectivity index (χ2n) is 4.68. The smallest absolute Gasteiger partial charge is 0.330 e. The maximum Gasteiger partial charge on any atom is 0.330 e. The lowest BCUT2D eigenvalue weighted by atomic mass is 10.0. The van der Waals surface area contributed by atoms with Gasteiger partial charge in [0, 0.05) is 18.4 Å². The summed E-state index contributed by atoms with van der Waals surface area (Å²) in [6, 6.07) is 9.97. The lowest BCUT2D eigenvalue weighted by Crippen LogP contribution is -2.27. The van der Waals surface area contributed by atoms with Crippen LogP contribution in [-0.4, -0.2) is 18.7 Å². The van der Waals surface area contributed by atoms with Crippen LogP contribution in [0, 0.1) is 5.92 Å². The predicted octanol–water partition coefficient (Wildman–Crippen LogP) is 3.51. The van der Waals surface area contributed by atoms with Crippen molar-refractivity contribution >= 4 is 5.97 Å². The van der Waals surface area contributed by atoms with Crippen LogP contribution in [0.1, 0.15) is 18.9 Å². The summed E-state index contributed by atoms with van der Waals surface area (Å²) < 4.78 is 11.0. The van der Waals surface area contributed by atoms with Crippen LogP contribution in [0.3, 0.4) is 0 Å². The van der Waals surface area contributed by atoms with Crippen molar-refractivity contribution < 1.29 is 14.3 Å². The number of hydrogen-bond donors (Lipinski definition) is 0. The van der Waals surface area contributed by atoms with Crippen LogP contribution >= 0.6 is 0 Å². The second-order valence-corrected chi connectivity index (χ2v) is 4.68. The standard InChI is InChI=1S/C17H22O3/c1-4-9-16(20-17(18)5-2)14(3)12-19-13-15-10-7-6-8-11-15/h4-8,10-11,14,16H,1-2,9,12-13H2,3H3/t14-,16+/m1/s1. The Morgan fingerprint density at radius 3 is 2.60 bits per heavy atom. The molecule has 0 spiro atoms. The summed E-state index contributed by atoms with van der Waals surface area (Å²) in [6.07, 6.45) is 3.30. The molecule has 0 aromatic heterocycles. The molecule has 0 N–H and O–H groups in total. The van der Waals surface area contributed by atoms with Gasteiger partial charge in [0.2, 0.25) is 0 Å². The summed E-state index contributed by atoms with van der Waals surface area (Å²) in [4.78, 5) is 11.3. The number of hydrogen-bond acceptors (Lipinski definition) is 3. The average molecular weight is 274 g/mol. The number of ether oxygens (including phenoxy) is 2. The Bertz CT molecular complexity index is 425. The molecule has 0 aliphatic rings. The van der Waals surface area contributed by atoms with Gasteiger partial charge >= 0.3 is 5.97 Å². The Balaban J connectivity index is 2.41. The maximum absolute atomic E-state index is 11.3. The molecule has 3 heteroatoms. The van der Waals surface area contributed by atoms with E-state index in [4.69, 9.17) is 9.47 Å². The lowest BCUT2D eigenvalue weighted by molar-refractivity contribution is -0.146. The molecular weight excluding hydrogens is 252 g/mol. The van der Waals surface area contributed by atoms with Crippen molar-refractivity contribution in [1.82, 2.24) is 0 Å². The van der Waals surface area contributed by atoms with E-state index in [1.807, 2.05) is 37.3 Å². The summed E-state index contributed by atoms with van der Waals surface area (Å²) in [5.41, 5.74) is 1.13. The molecular formula is C17H22O3. The Morgan fingerprint density at radius 2 is 2.00 bits per heavy atom. The molecule has 108 valence electrons. The van der Waals surface area contributed by atoms with Crippen LogP contribution in [-0.2, 0) is 20.9 Å². The highest BCUT2D eigenvalue weighted by molar-refractivity contribution is 5.81. The van der Waals surface area contributed by atoms with Gasteiger partial charge in [0.1, 0.15) is 6.10 Å². The highest BCUT2D eigenvalue weighted by atomic mass is 16.5. The van der Waals surface area contributed by atoms with Crippen molar-refractivity contribution in [3.05, 3.63) is 61.2 Å². The molecule has 3 nitrogen and oxygen atoms in total. The first-order valence-corrected chi connectivity index (χ1v) is 6.73. The van der Waals surface area contributed by atoms with E-state index < -0.39 is 5.97 Å². The number of benzene rings is 1. The molecule has 1 aromatic carbocycles. The highest BCUT2D eigenvalue weighted by Gasteiger charge is 2.19. The van der Waals surface area contributed by atoms with Crippen molar-refractivity contribution in [2.75, 3.05) is 6.61 Å². The summed E-state index contributed by atoms with van der Waals surface area (Å²) in [6.45, 7) is 10.2. The van der Waals surface area contributed by atoms with Crippen molar-refractivity contribution in [3.8, 4) is 0 Å². The van der Waals surface area contributed by atoms with Crippen molar-refractivity contribution in [2.45, 2.75) is 26.1 Å². The Hall–Kier alpha value is -1.87. The van der Waals surface area contributed by atoms with Gasteiger partial charge in [-0.15, -0.1) is 6.58 Å². The predicted molar refractivity (Wildman–Crippen MR) is 80.2 cm³/mol. The summed E-state index contributed by atoms with van der Waals surface area (Å²) in [7, 11) is 0. The van der Waals surface area contributed by atoms with Gasteiger partial charge in [-0.1, -0.05) is 49.9 Å². The van der Waals surface area contributed by atoms with Gasteiger partial charge in [-0.05, 0) is 5.56 Å². The summed E-state index contributed by atoms with van der Waals surface area (Å²) >= 11 is 0. The van der Waals surface area contributed by atoms with Crippen LogP contribution in [0.4, 0.5) is 0 Å². The van der Waals surface area contributed by atoms with E-state index in [0.29, 0.717) is 19.6 Å². The van der Waals surface area contributed by atoms with Gasteiger partial charge in [-0.3, -0.25) is 0 Å². The molecule has 0 bridgehead atoms. The molecule has 2 atom stereocenters. The quantitative estimate of drug-likeness (QED) is 0.393. The van der Waals surface area contributed by atoms with E-state index in [-0.39, 0.29) is 12.0 Å². The van der Waals surface area contributed by atoms with Gasteiger partial charge in [0.05, 0.1) is 13.2 Å². The minimum absolute atomic E-state index is 0.0978. The number of esters is 1. The zero-order valence-corrected chi connectivity index (χ0v) is 12.0. The first-order chi connectivity index (χ1) is 9.67. The minimum atomic E-state index is -0.410. The van der Waals surface area contributed by atoms with Crippen LogP contribution in [0.2, 0.25) is 0 Å². The third-order valence-corrected chi connectivity index (χ3v) is 2.96. The van der Waals surface area contributed by atoms with E-state index in [2.05, 4.69) is 13.2 Å². The fourth-order valence-electron chi connectivity index (χ4n) is 1.80. The van der Waals surface area contributed by atoms with E-state index in [1.54, 1.807) is 6.08 Å². The van der Waals surface area contributed by atoms with Gasteiger partial charge in [-0.25, -0.2) is 4.79 Å². The molecule has 1 rings (SSSR count). The largest absolute Gasteiger partial charge is 0.459 e. The molecule has 20 heavy (non-hydrogen) atoms. The summed E-state index contributed by atoms with van der Waals surface area (Å²) in [5.74, 6) is -0.313. The molecule has 0 aliphatic carbocycles. The van der Waals surface area contributed by atoms with E-state index >= 15 is 0 Å². The normalized spacial score (nSPS) is 13.2. The van der Waals surface area contributed by atoms with E-state index in [0.717, 1.165) is 5.56 Å². The maximum atomic E-state index is 11.3. The van der Waals surface area contributed by atoms with Crippen LogP contribution < -0.4 is 0 Å². The first-order valence-electron chi connectivity index (χ1n) is 6.73. The number of carbonyl (C=O) groups excluding carboxylic acids is 1. The molecule has 0 radical (unpaired) electrons. The highest BCUT2D eigenvalue weighted by Crippen LogP contribution is 2.14. The third kappa shape index (κ3) is 5.85. The molecule has 0 saturated carbocycles. The average Bonchev–Trinajstić information content (AvgIpc) is 2.47. The topological polar surface area (TPSA) is 35.5 Å². The monoisotopic (exact) mass is 274 g/mol. The molecule has 0 unspecified atom stereocenters. The molecule has 0 amide bonds. The Kier molecular flexibility index (Phi) is 7.36. The lowest BCUT2D eigenvalue weighted by Gasteiger charge is -2.22. The van der Waals surface area contributed by atoms with Crippen molar-refractivity contribution in [2.24, 2.45) is 5.92 Å². The third-order valence-electron chi connectivity index (χ3n) is 2.96. The second kappa shape index (κ2) is 9.10. The molecule has 0 fully saturated rings. The van der Waals surface area contributed by atoms with Gasteiger partial charge < -0.3 is 9.47 Å². The van der Waals surface area contributed by atoms with Gasteiger partial charge in [0.15, 0.2) is 0 Å². The fraction of sp³-hybridized carbons (Fsp3) is 0.353. The molecule has 0 saturated heterocycles. The van der Waals surface area contributed by atoms with E-state index in [9.17, 15) is 4.79 Å². The van der Waals surface area contributed by atoms with E-state index in [1.165, 1.54) is 6.08 Å². The Labute approximate surface area is 120 Å². The molecule has 0 heterocycles. The zero-order chi connectivity index (χ0) is 14.8. The fourth-order valence-corrected chi connectivity index (χ4v) is 1.80. The van der Waals surface area contributed by atoms with Gasteiger partial charge in [0.25, 0.3) is 0 Å². The minimum Gasteiger partial charge on any atom is -0.459 e. The number of carbonyl (C=O) groups is 1. The number of rotatable bonds is 9. The van der Waals surface area contributed by atoms with Crippen LogP contribution in [0.25, 0.3) is 0 Å². The van der Waals surface area contributed by atoms with Gasteiger partial charge in [-0.2, -0.15) is 0 Å². The first kappa shape index (κ1) is 16.2. The van der Waals surface area contributed by atoms with Crippen LogP contribution in [0.5, 0.6) is 0 Å². The summed E-state index contributed by atoms with van der Waals surface area (Å²) in [5, 5.41) is 0. The van der Waals surface area contributed by atoms with Crippen molar-refractivity contribution in [1.29, 1.82) is 0 Å². The SMILES string of the molecule is C=CC[C@H](OC(=O)C=C)[C@H](C)COCc1ccccc1. The molecule has 0 aliphatic heterocycles. The van der Waals surface area contributed by atoms with Crippen molar-refractivity contribution in [3.63, 3.8) is 0 Å². The zero-order valence-electron chi connectivity index (χ0n) is 12.0. The Morgan fingerprint density at radius 1 is 1.30 bits per heavy atom.